The third-order valence-electron chi connectivity index (χ3n) is 3.70. The zero-order valence-corrected chi connectivity index (χ0v) is 13.1. The van der Waals surface area contributed by atoms with Crippen molar-refractivity contribution in [1.82, 2.24) is 10.3 Å². The molecule has 0 amide bonds. The van der Waals surface area contributed by atoms with Gasteiger partial charge in [-0.1, -0.05) is 46.6 Å². The molecule has 1 heterocycles. The molecule has 0 aromatic carbocycles. The van der Waals surface area contributed by atoms with Crippen LogP contribution in [0.15, 0.2) is 18.3 Å². The molecule has 2 nitrogen and oxygen atoms in total. The summed E-state index contributed by atoms with van der Waals surface area (Å²) >= 11 is 0. The predicted octanol–water partition coefficient (Wildman–Crippen LogP) is 4.51. The van der Waals surface area contributed by atoms with Gasteiger partial charge in [-0.2, -0.15) is 0 Å². The second-order valence-electron chi connectivity index (χ2n) is 5.54. The molecule has 108 valence electrons. The van der Waals surface area contributed by atoms with Crippen molar-refractivity contribution >= 4 is 0 Å². The average molecular weight is 262 g/mol. The van der Waals surface area contributed by atoms with Gasteiger partial charge in [-0.3, -0.25) is 4.98 Å². The number of hydrogen-bond acceptors (Lipinski definition) is 2. The Morgan fingerprint density at radius 1 is 1.21 bits per heavy atom. The minimum atomic E-state index is 0.414. The van der Waals surface area contributed by atoms with Crippen molar-refractivity contribution in [3.8, 4) is 0 Å². The van der Waals surface area contributed by atoms with E-state index in [1.165, 1.54) is 36.9 Å². The van der Waals surface area contributed by atoms with Gasteiger partial charge in [0.15, 0.2) is 0 Å². The number of rotatable bonds is 9. The average Bonchev–Trinajstić information content (AvgIpc) is 2.43. The predicted molar refractivity (Wildman–Crippen MR) is 83.3 cm³/mol. The quantitative estimate of drug-likeness (QED) is 0.708. The van der Waals surface area contributed by atoms with Crippen molar-refractivity contribution in [1.29, 1.82) is 0 Å². The van der Waals surface area contributed by atoms with E-state index in [2.05, 4.69) is 50.1 Å². The highest BCUT2D eigenvalue weighted by Gasteiger charge is 2.17. The molecule has 1 aromatic heterocycles. The number of hydrogen-bond donors (Lipinski definition) is 1. The van der Waals surface area contributed by atoms with Crippen molar-refractivity contribution in [2.45, 2.75) is 65.8 Å². The van der Waals surface area contributed by atoms with Crippen molar-refractivity contribution < 1.29 is 0 Å². The van der Waals surface area contributed by atoms with Crippen molar-refractivity contribution in [3.63, 3.8) is 0 Å². The largest absolute Gasteiger partial charge is 0.309 e. The van der Waals surface area contributed by atoms with Crippen LogP contribution < -0.4 is 5.32 Å². The lowest BCUT2D eigenvalue weighted by Gasteiger charge is -2.23. The highest BCUT2D eigenvalue weighted by molar-refractivity contribution is 5.23. The Labute approximate surface area is 119 Å². The van der Waals surface area contributed by atoms with Crippen LogP contribution in [0.1, 0.15) is 70.7 Å². The summed E-state index contributed by atoms with van der Waals surface area (Å²) < 4.78 is 0. The summed E-state index contributed by atoms with van der Waals surface area (Å²) in [6, 6.07) is 4.68. The minimum Gasteiger partial charge on any atom is -0.309 e. The van der Waals surface area contributed by atoms with E-state index in [4.69, 9.17) is 0 Å². The number of aryl methyl sites for hydroxylation is 1. The summed E-state index contributed by atoms with van der Waals surface area (Å²) in [6.45, 7) is 10.1. The van der Waals surface area contributed by atoms with E-state index in [0.29, 0.717) is 6.04 Å². The Hall–Kier alpha value is -0.890. The first-order chi connectivity index (χ1) is 9.22. The van der Waals surface area contributed by atoms with Gasteiger partial charge < -0.3 is 5.32 Å². The molecule has 19 heavy (non-hydrogen) atoms. The fourth-order valence-corrected chi connectivity index (χ4v) is 2.69. The number of pyridine rings is 1. The van der Waals surface area contributed by atoms with Crippen molar-refractivity contribution in [2.75, 3.05) is 6.54 Å². The monoisotopic (exact) mass is 262 g/mol. The van der Waals surface area contributed by atoms with E-state index < -0.39 is 0 Å². The van der Waals surface area contributed by atoms with E-state index in [1.807, 2.05) is 6.20 Å². The molecular weight excluding hydrogens is 232 g/mol. The first kappa shape index (κ1) is 16.2. The zero-order chi connectivity index (χ0) is 14.1. The van der Waals surface area contributed by atoms with Gasteiger partial charge in [0.25, 0.3) is 0 Å². The van der Waals surface area contributed by atoms with Gasteiger partial charge in [0, 0.05) is 6.20 Å². The first-order valence-corrected chi connectivity index (χ1v) is 7.90. The lowest BCUT2D eigenvalue weighted by Crippen LogP contribution is -2.26. The number of aromatic nitrogens is 1. The molecule has 0 spiro atoms. The summed E-state index contributed by atoms with van der Waals surface area (Å²) in [6.07, 6.45) is 7.93. The molecule has 0 saturated carbocycles. The van der Waals surface area contributed by atoms with Gasteiger partial charge in [0.05, 0.1) is 11.7 Å². The van der Waals surface area contributed by atoms with E-state index >= 15 is 0 Å². The minimum absolute atomic E-state index is 0.414. The van der Waals surface area contributed by atoms with Crippen LogP contribution in [0.3, 0.4) is 0 Å². The molecule has 2 heteroatoms. The lowest BCUT2D eigenvalue weighted by molar-refractivity contribution is 0.383. The third-order valence-corrected chi connectivity index (χ3v) is 3.70. The maximum absolute atomic E-state index is 4.65. The summed E-state index contributed by atoms with van der Waals surface area (Å²) in [5, 5.41) is 3.69. The summed E-state index contributed by atoms with van der Waals surface area (Å²) in [5.41, 5.74) is 2.65. The zero-order valence-electron chi connectivity index (χ0n) is 13.1. The third kappa shape index (κ3) is 5.32. The van der Waals surface area contributed by atoms with Gasteiger partial charge in [0.2, 0.25) is 0 Å². The topological polar surface area (TPSA) is 24.9 Å². The van der Waals surface area contributed by atoms with Crippen LogP contribution in [0.2, 0.25) is 0 Å². The van der Waals surface area contributed by atoms with E-state index in [0.717, 1.165) is 18.9 Å². The smallest absolute Gasteiger partial charge is 0.0605 e. The molecule has 0 saturated heterocycles. The molecule has 1 rings (SSSR count). The molecule has 2 atom stereocenters. The van der Waals surface area contributed by atoms with Crippen LogP contribution in [0.5, 0.6) is 0 Å². The fourth-order valence-electron chi connectivity index (χ4n) is 2.69. The second kappa shape index (κ2) is 9.08. The molecule has 0 fully saturated rings. The molecule has 1 aromatic rings. The lowest BCUT2D eigenvalue weighted by atomic mass is 9.93. The maximum atomic E-state index is 4.65. The Morgan fingerprint density at radius 3 is 2.63 bits per heavy atom. The Bertz CT molecular complexity index is 349. The standard InChI is InChI=1S/C17H30N2/c1-5-9-14(4)13-16(18-11-6-2)17-15(7-3)10-8-12-19-17/h8,10,12,14,16,18H,5-7,9,11,13H2,1-4H3. The highest BCUT2D eigenvalue weighted by atomic mass is 14.9. The van der Waals surface area contributed by atoms with Crippen LogP contribution in [-0.4, -0.2) is 11.5 Å². The van der Waals surface area contributed by atoms with Crippen LogP contribution in [-0.2, 0) is 6.42 Å². The van der Waals surface area contributed by atoms with Crippen LogP contribution in [0.25, 0.3) is 0 Å². The molecule has 0 bridgehead atoms. The highest BCUT2D eigenvalue weighted by Crippen LogP contribution is 2.25. The number of nitrogens with zero attached hydrogens (tertiary/aromatic N) is 1. The van der Waals surface area contributed by atoms with Crippen molar-refractivity contribution in [2.24, 2.45) is 5.92 Å². The van der Waals surface area contributed by atoms with Crippen LogP contribution in [0, 0.1) is 5.92 Å². The van der Waals surface area contributed by atoms with Gasteiger partial charge in [-0.15, -0.1) is 0 Å². The molecule has 0 aliphatic carbocycles. The summed E-state index contributed by atoms with van der Waals surface area (Å²) in [5.74, 6) is 0.756. The molecule has 0 aliphatic rings. The molecular formula is C17H30N2. The second-order valence-corrected chi connectivity index (χ2v) is 5.54. The van der Waals surface area contributed by atoms with E-state index in [9.17, 15) is 0 Å². The van der Waals surface area contributed by atoms with Crippen molar-refractivity contribution in [3.05, 3.63) is 29.6 Å². The van der Waals surface area contributed by atoms with E-state index in [-0.39, 0.29) is 0 Å². The maximum Gasteiger partial charge on any atom is 0.0605 e. The molecule has 0 aliphatic heterocycles. The molecule has 1 N–H and O–H groups in total. The fraction of sp³-hybridized carbons (Fsp3) is 0.706. The summed E-state index contributed by atoms with van der Waals surface area (Å²) in [7, 11) is 0. The molecule has 2 unspecified atom stereocenters. The normalized spacial score (nSPS) is 14.3. The van der Waals surface area contributed by atoms with Gasteiger partial charge in [-0.05, 0) is 43.4 Å². The van der Waals surface area contributed by atoms with Gasteiger partial charge in [-0.25, -0.2) is 0 Å². The SMILES string of the molecule is CCCNC(CC(C)CCC)c1ncccc1CC. The number of nitrogens with one attached hydrogen (secondary N) is 1. The van der Waals surface area contributed by atoms with Crippen LogP contribution >= 0.6 is 0 Å². The summed E-state index contributed by atoms with van der Waals surface area (Å²) in [4.78, 5) is 4.65. The Kier molecular flexibility index (Phi) is 7.73. The molecule has 0 radical (unpaired) electrons. The van der Waals surface area contributed by atoms with Gasteiger partial charge in [0.1, 0.15) is 0 Å². The Balaban J connectivity index is 2.82. The first-order valence-electron chi connectivity index (χ1n) is 7.90. The van der Waals surface area contributed by atoms with Gasteiger partial charge >= 0.3 is 0 Å². The Morgan fingerprint density at radius 2 is 2.00 bits per heavy atom. The van der Waals surface area contributed by atoms with Crippen LogP contribution in [0.4, 0.5) is 0 Å². The van der Waals surface area contributed by atoms with E-state index in [1.54, 1.807) is 0 Å².